The van der Waals surface area contributed by atoms with Gasteiger partial charge in [-0.3, -0.25) is 9.59 Å². The minimum atomic E-state index is -0.347. The number of ether oxygens (including phenoxy) is 1. The van der Waals surface area contributed by atoms with Crippen molar-refractivity contribution in [1.82, 2.24) is 14.9 Å². The molecule has 0 atom stereocenters. The van der Waals surface area contributed by atoms with Crippen molar-refractivity contribution in [3.05, 3.63) is 123 Å². The van der Waals surface area contributed by atoms with Gasteiger partial charge in [-0.25, -0.2) is 9.37 Å². The number of hydrogen-bond donors (Lipinski definition) is 1. The SMILES string of the molecule is O=C(NCc1ccc(Oc2ccc(F)cc2)nc1)c1ccc(=O)n(Cc2ccccc2Cl)c1. The van der Waals surface area contributed by atoms with Crippen LogP contribution in [0.1, 0.15) is 21.5 Å². The van der Waals surface area contributed by atoms with Crippen molar-refractivity contribution in [1.29, 1.82) is 0 Å². The molecular weight excluding hydrogens is 445 g/mol. The summed E-state index contributed by atoms with van der Waals surface area (Å²) in [6.45, 7) is 0.505. The van der Waals surface area contributed by atoms with Crippen LogP contribution in [0, 0.1) is 5.82 Å². The first-order valence-corrected chi connectivity index (χ1v) is 10.5. The Balaban J connectivity index is 1.38. The molecule has 2 aromatic heterocycles. The van der Waals surface area contributed by atoms with E-state index in [4.69, 9.17) is 16.3 Å². The number of nitrogens with zero attached hydrogens (tertiary/aromatic N) is 2. The van der Waals surface area contributed by atoms with Crippen LogP contribution >= 0.6 is 11.6 Å². The molecule has 0 aliphatic carbocycles. The Morgan fingerprint density at radius 2 is 1.82 bits per heavy atom. The van der Waals surface area contributed by atoms with E-state index in [-0.39, 0.29) is 30.4 Å². The highest BCUT2D eigenvalue weighted by Gasteiger charge is 2.09. The van der Waals surface area contributed by atoms with Crippen molar-refractivity contribution in [3.63, 3.8) is 0 Å². The Morgan fingerprint density at radius 1 is 1.03 bits per heavy atom. The van der Waals surface area contributed by atoms with Crippen LogP contribution < -0.4 is 15.6 Å². The van der Waals surface area contributed by atoms with Gasteiger partial charge in [0.05, 0.1) is 12.1 Å². The summed E-state index contributed by atoms with van der Waals surface area (Å²) in [6.07, 6.45) is 3.09. The Kier molecular flexibility index (Phi) is 6.80. The molecule has 6 nitrogen and oxygen atoms in total. The third kappa shape index (κ3) is 5.84. The monoisotopic (exact) mass is 463 g/mol. The zero-order chi connectivity index (χ0) is 23.2. The molecule has 2 aromatic carbocycles. The Labute approximate surface area is 194 Å². The Hall–Kier alpha value is -3.97. The zero-order valence-corrected chi connectivity index (χ0v) is 18.1. The third-order valence-corrected chi connectivity index (χ3v) is 5.20. The molecule has 4 aromatic rings. The average molecular weight is 464 g/mol. The highest BCUT2D eigenvalue weighted by molar-refractivity contribution is 6.31. The largest absolute Gasteiger partial charge is 0.439 e. The summed E-state index contributed by atoms with van der Waals surface area (Å²) < 4.78 is 20.0. The maximum Gasteiger partial charge on any atom is 0.253 e. The molecule has 33 heavy (non-hydrogen) atoms. The molecule has 1 amide bonds. The van der Waals surface area contributed by atoms with Gasteiger partial charge in [-0.2, -0.15) is 0 Å². The molecule has 0 saturated carbocycles. The molecule has 0 aliphatic heterocycles. The maximum atomic E-state index is 13.0. The van der Waals surface area contributed by atoms with Crippen molar-refractivity contribution in [2.75, 3.05) is 0 Å². The lowest BCUT2D eigenvalue weighted by Crippen LogP contribution is -2.26. The number of aromatic nitrogens is 2. The lowest BCUT2D eigenvalue weighted by molar-refractivity contribution is 0.0950. The second kappa shape index (κ2) is 10.1. The predicted molar refractivity (Wildman–Crippen MR) is 123 cm³/mol. The van der Waals surface area contributed by atoms with Crippen LogP contribution in [0.5, 0.6) is 11.6 Å². The molecule has 0 fully saturated rings. The van der Waals surface area contributed by atoms with Crippen LogP contribution in [-0.4, -0.2) is 15.5 Å². The number of hydrogen-bond acceptors (Lipinski definition) is 4. The van der Waals surface area contributed by atoms with Crippen molar-refractivity contribution in [2.45, 2.75) is 13.1 Å². The zero-order valence-electron chi connectivity index (χ0n) is 17.4. The molecule has 4 rings (SSSR count). The highest BCUT2D eigenvalue weighted by atomic mass is 35.5. The summed E-state index contributed by atoms with van der Waals surface area (Å²) in [6, 6.07) is 19.1. The van der Waals surface area contributed by atoms with Crippen molar-refractivity contribution >= 4 is 17.5 Å². The van der Waals surface area contributed by atoms with Gasteiger partial charge in [0.15, 0.2) is 0 Å². The number of rotatable bonds is 7. The topological polar surface area (TPSA) is 73.2 Å². The summed E-state index contributed by atoms with van der Waals surface area (Å²) in [7, 11) is 0. The van der Waals surface area contributed by atoms with Gasteiger partial charge in [-0.15, -0.1) is 0 Å². The molecule has 0 spiro atoms. The van der Waals surface area contributed by atoms with Gasteiger partial charge < -0.3 is 14.6 Å². The van der Waals surface area contributed by atoms with Crippen molar-refractivity contribution in [3.8, 4) is 11.6 Å². The van der Waals surface area contributed by atoms with Gasteiger partial charge in [-0.05, 0) is 47.5 Å². The molecule has 0 unspecified atom stereocenters. The number of amides is 1. The van der Waals surface area contributed by atoms with Gasteiger partial charge in [-0.1, -0.05) is 35.9 Å². The number of carbonyl (C=O) groups excluding carboxylic acids is 1. The molecule has 1 N–H and O–H groups in total. The number of pyridine rings is 2. The van der Waals surface area contributed by atoms with E-state index in [9.17, 15) is 14.0 Å². The van der Waals surface area contributed by atoms with Crippen molar-refractivity contribution < 1.29 is 13.9 Å². The summed E-state index contributed by atoms with van der Waals surface area (Å²) in [4.78, 5) is 29.0. The van der Waals surface area contributed by atoms with E-state index < -0.39 is 0 Å². The highest BCUT2D eigenvalue weighted by Crippen LogP contribution is 2.19. The minimum absolute atomic E-state index is 0.229. The van der Waals surface area contributed by atoms with E-state index in [2.05, 4.69) is 10.3 Å². The van der Waals surface area contributed by atoms with Crippen molar-refractivity contribution in [2.24, 2.45) is 0 Å². The molecular formula is C25H19ClFN3O3. The summed E-state index contributed by atoms with van der Waals surface area (Å²) >= 11 is 6.18. The van der Waals surface area contributed by atoms with Crippen LogP contribution in [-0.2, 0) is 13.1 Å². The number of carbonyl (C=O) groups is 1. The third-order valence-electron chi connectivity index (χ3n) is 4.83. The van der Waals surface area contributed by atoms with Gasteiger partial charge >= 0.3 is 0 Å². The number of nitrogens with one attached hydrogen (secondary N) is 1. The second-order valence-electron chi connectivity index (χ2n) is 7.22. The molecule has 0 bridgehead atoms. The first kappa shape index (κ1) is 22.2. The molecule has 0 radical (unpaired) electrons. The van der Waals surface area contributed by atoms with E-state index in [0.717, 1.165) is 11.1 Å². The van der Waals surface area contributed by atoms with Gasteiger partial charge in [0.1, 0.15) is 11.6 Å². The van der Waals surface area contributed by atoms with E-state index in [1.165, 1.54) is 47.2 Å². The fraction of sp³-hybridized carbons (Fsp3) is 0.0800. The van der Waals surface area contributed by atoms with Gasteiger partial charge in [0, 0.05) is 36.1 Å². The smallest absolute Gasteiger partial charge is 0.253 e. The molecule has 8 heteroatoms. The molecule has 0 aliphatic rings. The van der Waals surface area contributed by atoms with E-state index in [1.54, 1.807) is 24.4 Å². The first-order chi connectivity index (χ1) is 16.0. The lowest BCUT2D eigenvalue weighted by Gasteiger charge is -2.10. The van der Waals surface area contributed by atoms with E-state index >= 15 is 0 Å². The Morgan fingerprint density at radius 3 is 2.55 bits per heavy atom. The number of benzene rings is 2. The lowest BCUT2D eigenvalue weighted by atomic mass is 10.2. The fourth-order valence-electron chi connectivity index (χ4n) is 3.08. The summed E-state index contributed by atoms with van der Waals surface area (Å²) in [5.74, 6) is 0.149. The molecule has 2 heterocycles. The predicted octanol–water partition coefficient (Wildman–Crippen LogP) is 4.81. The average Bonchev–Trinajstić information content (AvgIpc) is 2.82. The second-order valence-corrected chi connectivity index (χ2v) is 7.63. The van der Waals surface area contributed by atoms with Crippen LogP contribution in [0.2, 0.25) is 5.02 Å². The maximum absolute atomic E-state index is 13.0. The van der Waals surface area contributed by atoms with Crippen LogP contribution in [0.4, 0.5) is 4.39 Å². The van der Waals surface area contributed by atoms with Crippen LogP contribution in [0.3, 0.4) is 0 Å². The summed E-state index contributed by atoms with van der Waals surface area (Å²) in [5, 5.41) is 3.36. The van der Waals surface area contributed by atoms with Crippen LogP contribution in [0.25, 0.3) is 0 Å². The van der Waals surface area contributed by atoms with E-state index in [1.807, 2.05) is 18.2 Å². The molecule has 0 saturated heterocycles. The fourth-order valence-corrected chi connectivity index (χ4v) is 3.28. The van der Waals surface area contributed by atoms with Crippen LogP contribution in [0.15, 0.2) is 90.0 Å². The van der Waals surface area contributed by atoms with Gasteiger partial charge in [0.2, 0.25) is 5.88 Å². The first-order valence-electron chi connectivity index (χ1n) is 10.1. The van der Waals surface area contributed by atoms with Gasteiger partial charge in [0.25, 0.3) is 11.5 Å². The molecule has 166 valence electrons. The number of halogens is 2. The quantitative estimate of drug-likeness (QED) is 0.427. The normalized spacial score (nSPS) is 10.6. The minimum Gasteiger partial charge on any atom is -0.439 e. The standard InChI is InChI=1S/C25H19ClFN3O3/c26-22-4-2-1-3-18(22)15-30-16-19(6-12-24(30)31)25(32)29-14-17-5-11-23(28-13-17)33-21-9-7-20(27)8-10-21/h1-13,16H,14-15H2,(H,29,32). The Bertz CT molecular complexity index is 1320. The van der Waals surface area contributed by atoms with E-state index in [0.29, 0.717) is 22.2 Å². The summed E-state index contributed by atoms with van der Waals surface area (Å²) in [5.41, 5.74) is 1.67.